The lowest BCUT2D eigenvalue weighted by Crippen LogP contribution is -2.11. The molecule has 112 valence electrons. The molecule has 3 nitrogen and oxygen atoms in total. The molecule has 0 spiro atoms. The SMILES string of the molecule is CCCC(CCN)CCC(=O)c1ccc(OCC)cc1. The van der Waals surface area contributed by atoms with Gasteiger partial charge in [-0.1, -0.05) is 19.8 Å². The van der Waals surface area contributed by atoms with Gasteiger partial charge in [-0.05, 0) is 56.5 Å². The van der Waals surface area contributed by atoms with Gasteiger partial charge in [0.1, 0.15) is 5.75 Å². The minimum absolute atomic E-state index is 0.214. The van der Waals surface area contributed by atoms with Gasteiger partial charge in [-0.2, -0.15) is 0 Å². The van der Waals surface area contributed by atoms with Crippen LogP contribution in [0.15, 0.2) is 24.3 Å². The molecule has 0 aliphatic carbocycles. The highest BCUT2D eigenvalue weighted by molar-refractivity contribution is 5.96. The summed E-state index contributed by atoms with van der Waals surface area (Å²) in [7, 11) is 0. The Morgan fingerprint density at radius 2 is 1.85 bits per heavy atom. The fourth-order valence-corrected chi connectivity index (χ4v) is 2.46. The minimum atomic E-state index is 0.214. The van der Waals surface area contributed by atoms with Crippen LogP contribution in [0, 0.1) is 5.92 Å². The van der Waals surface area contributed by atoms with E-state index in [-0.39, 0.29) is 5.78 Å². The number of ether oxygens (including phenoxy) is 1. The monoisotopic (exact) mass is 277 g/mol. The van der Waals surface area contributed by atoms with Gasteiger partial charge in [0.05, 0.1) is 6.61 Å². The summed E-state index contributed by atoms with van der Waals surface area (Å²) in [6.45, 7) is 5.48. The summed E-state index contributed by atoms with van der Waals surface area (Å²) in [6, 6.07) is 7.43. The maximum atomic E-state index is 12.2. The number of rotatable bonds is 10. The van der Waals surface area contributed by atoms with Crippen molar-refractivity contribution in [3.05, 3.63) is 29.8 Å². The summed E-state index contributed by atoms with van der Waals surface area (Å²) in [4.78, 5) is 12.2. The normalized spacial score (nSPS) is 12.2. The molecule has 1 atom stereocenters. The van der Waals surface area contributed by atoms with Gasteiger partial charge in [0.25, 0.3) is 0 Å². The number of carbonyl (C=O) groups excluding carboxylic acids is 1. The molecule has 0 aliphatic rings. The Labute approximate surface area is 122 Å². The molecule has 0 bridgehead atoms. The standard InChI is InChI=1S/C17H27NO2/c1-3-5-14(12-13-18)6-11-17(19)15-7-9-16(10-8-15)20-4-2/h7-10,14H,3-6,11-13,18H2,1-2H3. The first kappa shape index (κ1) is 16.7. The third-order valence-corrected chi connectivity index (χ3v) is 3.54. The van der Waals surface area contributed by atoms with Crippen LogP contribution in [0.3, 0.4) is 0 Å². The van der Waals surface area contributed by atoms with Crippen molar-refractivity contribution in [2.24, 2.45) is 11.7 Å². The van der Waals surface area contributed by atoms with Crippen molar-refractivity contribution in [1.29, 1.82) is 0 Å². The molecule has 0 amide bonds. The Morgan fingerprint density at radius 3 is 2.40 bits per heavy atom. The lowest BCUT2D eigenvalue weighted by Gasteiger charge is -2.14. The van der Waals surface area contributed by atoms with Gasteiger partial charge >= 0.3 is 0 Å². The Balaban J connectivity index is 2.48. The zero-order valence-electron chi connectivity index (χ0n) is 12.7. The lowest BCUT2D eigenvalue weighted by molar-refractivity contribution is 0.0972. The zero-order valence-corrected chi connectivity index (χ0v) is 12.7. The summed E-state index contributed by atoms with van der Waals surface area (Å²) < 4.78 is 5.38. The average Bonchev–Trinajstić information content (AvgIpc) is 2.46. The van der Waals surface area contributed by atoms with E-state index < -0.39 is 0 Å². The smallest absolute Gasteiger partial charge is 0.162 e. The van der Waals surface area contributed by atoms with E-state index in [2.05, 4.69) is 6.92 Å². The predicted octanol–water partition coefficient (Wildman–Crippen LogP) is 3.81. The van der Waals surface area contributed by atoms with Crippen LogP contribution in [0.1, 0.15) is 56.3 Å². The topological polar surface area (TPSA) is 52.3 Å². The van der Waals surface area contributed by atoms with E-state index in [0.29, 0.717) is 25.5 Å². The summed E-state index contributed by atoms with van der Waals surface area (Å²) in [5.74, 6) is 1.61. The first-order valence-corrected chi connectivity index (χ1v) is 7.67. The van der Waals surface area contributed by atoms with Gasteiger partial charge in [-0.25, -0.2) is 0 Å². The van der Waals surface area contributed by atoms with Crippen LogP contribution in [0.4, 0.5) is 0 Å². The first-order valence-electron chi connectivity index (χ1n) is 7.67. The third kappa shape index (κ3) is 5.74. The molecule has 1 rings (SSSR count). The zero-order chi connectivity index (χ0) is 14.8. The highest BCUT2D eigenvalue weighted by atomic mass is 16.5. The Hall–Kier alpha value is -1.35. The van der Waals surface area contributed by atoms with Crippen molar-refractivity contribution in [2.75, 3.05) is 13.2 Å². The number of hydrogen-bond acceptors (Lipinski definition) is 3. The number of benzene rings is 1. The third-order valence-electron chi connectivity index (χ3n) is 3.54. The van der Waals surface area contributed by atoms with Crippen molar-refractivity contribution in [2.45, 2.75) is 46.0 Å². The molecule has 2 N–H and O–H groups in total. The summed E-state index contributed by atoms with van der Waals surface area (Å²) in [5, 5.41) is 0. The van der Waals surface area contributed by atoms with E-state index in [0.717, 1.165) is 37.0 Å². The molecule has 0 heterocycles. The molecule has 3 heteroatoms. The number of carbonyl (C=O) groups is 1. The minimum Gasteiger partial charge on any atom is -0.494 e. The second-order valence-corrected chi connectivity index (χ2v) is 5.15. The second-order valence-electron chi connectivity index (χ2n) is 5.15. The van der Waals surface area contributed by atoms with E-state index in [1.165, 1.54) is 0 Å². The van der Waals surface area contributed by atoms with E-state index in [4.69, 9.17) is 10.5 Å². The van der Waals surface area contributed by atoms with Crippen molar-refractivity contribution in [3.8, 4) is 5.75 Å². The predicted molar refractivity (Wildman–Crippen MR) is 83.2 cm³/mol. The largest absolute Gasteiger partial charge is 0.494 e. The molecular weight excluding hydrogens is 250 g/mol. The van der Waals surface area contributed by atoms with E-state index in [1.807, 2.05) is 31.2 Å². The molecule has 0 radical (unpaired) electrons. The van der Waals surface area contributed by atoms with Crippen molar-refractivity contribution < 1.29 is 9.53 Å². The second kappa shape index (κ2) is 9.54. The highest BCUT2D eigenvalue weighted by Crippen LogP contribution is 2.20. The van der Waals surface area contributed by atoms with Gasteiger partial charge in [-0.15, -0.1) is 0 Å². The molecule has 1 unspecified atom stereocenters. The molecule has 0 fully saturated rings. The van der Waals surface area contributed by atoms with Crippen molar-refractivity contribution >= 4 is 5.78 Å². The van der Waals surface area contributed by atoms with E-state index in [9.17, 15) is 4.79 Å². The van der Waals surface area contributed by atoms with Crippen LogP contribution in [0.2, 0.25) is 0 Å². The van der Waals surface area contributed by atoms with Crippen LogP contribution in [-0.2, 0) is 0 Å². The molecular formula is C17H27NO2. The van der Waals surface area contributed by atoms with Crippen LogP contribution in [0.25, 0.3) is 0 Å². The Morgan fingerprint density at radius 1 is 1.15 bits per heavy atom. The number of nitrogens with two attached hydrogens (primary N) is 1. The maximum absolute atomic E-state index is 12.2. The first-order chi connectivity index (χ1) is 9.71. The summed E-state index contributed by atoms with van der Waals surface area (Å²) in [6.07, 6.45) is 4.88. The van der Waals surface area contributed by atoms with Crippen LogP contribution in [0.5, 0.6) is 5.75 Å². The van der Waals surface area contributed by atoms with Crippen LogP contribution < -0.4 is 10.5 Å². The van der Waals surface area contributed by atoms with Gasteiger partial charge in [-0.3, -0.25) is 4.79 Å². The fraction of sp³-hybridized carbons (Fsp3) is 0.588. The van der Waals surface area contributed by atoms with Gasteiger partial charge < -0.3 is 10.5 Å². The number of hydrogen-bond donors (Lipinski definition) is 1. The molecule has 1 aromatic carbocycles. The van der Waals surface area contributed by atoms with Crippen molar-refractivity contribution in [3.63, 3.8) is 0 Å². The highest BCUT2D eigenvalue weighted by Gasteiger charge is 2.11. The van der Waals surface area contributed by atoms with E-state index >= 15 is 0 Å². The van der Waals surface area contributed by atoms with E-state index in [1.54, 1.807) is 0 Å². The lowest BCUT2D eigenvalue weighted by atomic mass is 9.92. The van der Waals surface area contributed by atoms with Crippen LogP contribution >= 0.6 is 0 Å². The molecule has 0 aliphatic heterocycles. The van der Waals surface area contributed by atoms with Crippen LogP contribution in [-0.4, -0.2) is 18.9 Å². The summed E-state index contributed by atoms with van der Waals surface area (Å²) in [5.41, 5.74) is 6.40. The summed E-state index contributed by atoms with van der Waals surface area (Å²) >= 11 is 0. The Bertz CT molecular complexity index is 380. The Kier molecular flexibility index (Phi) is 7.97. The average molecular weight is 277 g/mol. The molecule has 0 aromatic heterocycles. The molecule has 1 aromatic rings. The van der Waals surface area contributed by atoms with Gasteiger partial charge in [0.2, 0.25) is 0 Å². The fourth-order valence-electron chi connectivity index (χ4n) is 2.46. The quantitative estimate of drug-likeness (QED) is 0.662. The molecule has 20 heavy (non-hydrogen) atoms. The maximum Gasteiger partial charge on any atom is 0.162 e. The molecule has 0 saturated heterocycles. The molecule has 0 saturated carbocycles. The van der Waals surface area contributed by atoms with Gasteiger partial charge in [0.15, 0.2) is 5.78 Å². The van der Waals surface area contributed by atoms with Crippen molar-refractivity contribution in [1.82, 2.24) is 0 Å². The number of Topliss-reactive ketones (excluding diaryl/α,β-unsaturated/α-hetero) is 1. The number of ketones is 1. The van der Waals surface area contributed by atoms with Gasteiger partial charge in [0, 0.05) is 12.0 Å².